The van der Waals surface area contributed by atoms with E-state index in [4.69, 9.17) is 10.9 Å². The molecule has 2 aromatic rings. The summed E-state index contributed by atoms with van der Waals surface area (Å²) in [4.78, 5) is 0. The molecule has 1 aromatic carbocycles. The van der Waals surface area contributed by atoms with Crippen LogP contribution in [0.25, 0.3) is 5.69 Å². The summed E-state index contributed by atoms with van der Waals surface area (Å²) in [5, 5.41) is 15.3. The highest BCUT2D eigenvalue weighted by molar-refractivity contribution is 6.00. The Morgan fingerprint density at radius 2 is 2.10 bits per heavy atom. The topological polar surface area (TPSA) is 76.4 Å². The predicted molar refractivity (Wildman–Crippen MR) is 65.8 cm³/mol. The zero-order chi connectivity index (χ0) is 14.9. The average Bonchev–Trinajstić information content (AvgIpc) is 2.87. The molecule has 0 aliphatic rings. The normalized spacial score (nSPS) is 12.7. The van der Waals surface area contributed by atoms with Gasteiger partial charge in [0.1, 0.15) is 0 Å². The minimum atomic E-state index is -4.47. The van der Waals surface area contributed by atoms with Crippen LogP contribution in [0.1, 0.15) is 16.7 Å². The first kappa shape index (κ1) is 13.9. The monoisotopic (exact) mass is 284 g/mol. The number of nitrogens with two attached hydrogens (primary N) is 1. The van der Waals surface area contributed by atoms with Crippen molar-refractivity contribution >= 4 is 5.84 Å². The van der Waals surface area contributed by atoms with E-state index in [2.05, 4.69) is 10.3 Å². The standard InChI is InChI=1S/C12H11F3N4O/c1-7-2-3-9(11(16)18-20)10(4-7)19-6-8(5-17-19)12(13,14)15/h2-6,20H,1H3,(H2,16,18). The number of oxime groups is 1. The lowest BCUT2D eigenvalue weighted by Crippen LogP contribution is -2.16. The van der Waals surface area contributed by atoms with Crippen molar-refractivity contribution in [3.63, 3.8) is 0 Å². The van der Waals surface area contributed by atoms with Gasteiger partial charge in [-0.3, -0.25) is 0 Å². The van der Waals surface area contributed by atoms with Crippen LogP contribution in [0.3, 0.4) is 0 Å². The number of rotatable bonds is 2. The van der Waals surface area contributed by atoms with E-state index in [-0.39, 0.29) is 11.4 Å². The van der Waals surface area contributed by atoms with Crippen molar-refractivity contribution in [3.8, 4) is 5.69 Å². The molecule has 0 aliphatic heterocycles. The fourth-order valence-electron chi connectivity index (χ4n) is 1.70. The zero-order valence-electron chi connectivity index (χ0n) is 10.4. The summed E-state index contributed by atoms with van der Waals surface area (Å²) in [5.74, 6) is -0.205. The molecule has 0 unspecified atom stereocenters. The van der Waals surface area contributed by atoms with Gasteiger partial charge >= 0.3 is 6.18 Å². The minimum absolute atomic E-state index is 0.205. The molecular weight excluding hydrogens is 273 g/mol. The number of benzene rings is 1. The van der Waals surface area contributed by atoms with E-state index >= 15 is 0 Å². The van der Waals surface area contributed by atoms with Gasteiger partial charge in [0.2, 0.25) is 0 Å². The number of aromatic nitrogens is 2. The molecule has 0 aliphatic carbocycles. The Bertz CT molecular complexity index is 661. The maximum Gasteiger partial charge on any atom is 0.419 e. The van der Waals surface area contributed by atoms with E-state index in [1.807, 2.05) is 0 Å². The van der Waals surface area contributed by atoms with Crippen LogP contribution in [0.4, 0.5) is 13.2 Å². The van der Waals surface area contributed by atoms with Crippen molar-refractivity contribution in [1.82, 2.24) is 9.78 Å². The smallest absolute Gasteiger partial charge is 0.409 e. The minimum Gasteiger partial charge on any atom is -0.409 e. The van der Waals surface area contributed by atoms with Gasteiger partial charge < -0.3 is 10.9 Å². The van der Waals surface area contributed by atoms with Crippen LogP contribution in [0.2, 0.25) is 0 Å². The van der Waals surface area contributed by atoms with Crippen molar-refractivity contribution in [3.05, 3.63) is 47.3 Å². The molecule has 8 heteroatoms. The van der Waals surface area contributed by atoms with E-state index in [9.17, 15) is 13.2 Å². The first-order chi connectivity index (χ1) is 9.32. The predicted octanol–water partition coefficient (Wildman–Crippen LogP) is 2.29. The van der Waals surface area contributed by atoms with E-state index in [0.29, 0.717) is 5.69 Å². The van der Waals surface area contributed by atoms with E-state index in [1.54, 1.807) is 25.1 Å². The second-order valence-corrected chi connectivity index (χ2v) is 4.18. The molecule has 106 valence electrons. The van der Waals surface area contributed by atoms with Crippen molar-refractivity contribution in [2.24, 2.45) is 10.9 Å². The highest BCUT2D eigenvalue weighted by Gasteiger charge is 2.32. The molecule has 0 atom stereocenters. The first-order valence-corrected chi connectivity index (χ1v) is 5.53. The summed E-state index contributed by atoms with van der Waals surface area (Å²) in [6.45, 7) is 1.77. The number of aryl methyl sites for hydroxylation is 1. The molecule has 0 bridgehead atoms. The molecule has 0 amide bonds. The molecule has 0 fully saturated rings. The second-order valence-electron chi connectivity index (χ2n) is 4.18. The van der Waals surface area contributed by atoms with Gasteiger partial charge in [-0.25, -0.2) is 4.68 Å². The van der Waals surface area contributed by atoms with Crippen molar-refractivity contribution in [2.45, 2.75) is 13.1 Å². The summed E-state index contributed by atoms with van der Waals surface area (Å²) in [5.41, 5.74) is 6.03. The van der Waals surface area contributed by atoms with Gasteiger partial charge in [-0.05, 0) is 24.6 Å². The highest BCUT2D eigenvalue weighted by Crippen LogP contribution is 2.29. The van der Waals surface area contributed by atoms with Gasteiger partial charge in [0.05, 0.1) is 17.4 Å². The van der Waals surface area contributed by atoms with Crippen LogP contribution < -0.4 is 5.73 Å². The average molecular weight is 284 g/mol. The van der Waals surface area contributed by atoms with Crippen LogP contribution in [0.5, 0.6) is 0 Å². The SMILES string of the molecule is Cc1ccc(C(N)=NO)c(-n2cc(C(F)(F)F)cn2)c1. The molecule has 20 heavy (non-hydrogen) atoms. The lowest BCUT2D eigenvalue weighted by molar-refractivity contribution is -0.137. The third kappa shape index (κ3) is 2.58. The number of amidine groups is 1. The summed E-state index contributed by atoms with van der Waals surface area (Å²) < 4.78 is 38.8. The molecule has 2 rings (SSSR count). The Morgan fingerprint density at radius 3 is 2.65 bits per heavy atom. The maximum atomic E-state index is 12.6. The van der Waals surface area contributed by atoms with Crippen LogP contribution in [-0.4, -0.2) is 20.8 Å². The third-order valence-electron chi connectivity index (χ3n) is 2.69. The molecule has 0 spiro atoms. The Hall–Kier alpha value is -2.51. The summed E-state index contributed by atoms with van der Waals surface area (Å²) in [6, 6.07) is 4.85. The lowest BCUT2D eigenvalue weighted by Gasteiger charge is -2.09. The number of nitrogens with zero attached hydrogens (tertiary/aromatic N) is 3. The van der Waals surface area contributed by atoms with Gasteiger partial charge in [-0.1, -0.05) is 11.2 Å². The van der Waals surface area contributed by atoms with E-state index in [1.165, 1.54) is 0 Å². The Kier molecular flexibility index (Phi) is 3.39. The Balaban J connectivity index is 2.57. The van der Waals surface area contributed by atoms with Crippen molar-refractivity contribution in [1.29, 1.82) is 0 Å². The van der Waals surface area contributed by atoms with Gasteiger partial charge in [0, 0.05) is 11.8 Å². The van der Waals surface area contributed by atoms with Crippen LogP contribution in [-0.2, 0) is 6.18 Å². The van der Waals surface area contributed by atoms with Gasteiger partial charge in [-0.2, -0.15) is 18.3 Å². The number of hydrogen-bond acceptors (Lipinski definition) is 3. The quantitative estimate of drug-likeness (QED) is 0.384. The van der Waals surface area contributed by atoms with E-state index in [0.717, 1.165) is 22.6 Å². The molecule has 1 aromatic heterocycles. The van der Waals surface area contributed by atoms with Crippen molar-refractivity contribution in [2.75, 3.05) is 0 Å². The highest BCUT2D eigenvalue weighted by atomic mass is 19.4. The molecule has 5 nitrogen and oxygen atoms in total. The largest absolute Gasteiger partial charge is 0.419 e. The maximum absolute atomic E-state index is 12.6. The van der Waals surface area contributed by atoms with Crippen LogP contribution in [0, 0.1) is 6.92 Å². The lowest BCUT2D eigenvalue weighted by atomic mass is 10.1. The zero-order valence-corrected chi connectivity index (χ0v) is 10.4. The molecule has 0 saturated heterocycles. The van der Waals surface area contributed by atoms with Gasteiger partial charge in [-0.15, -0.1) is 0 Å². The van der Waals surface area contributed by atoms with Crippen molar-refractivity contribution < 1.29 is 18.4 Å². The molecule has 1 heterocycles. The summed E-state index contributed by atoms with van der Waals surface area (Å²) in [7, 11) is 0. The fourth-order valence-corrected chi connectivity index (χ4v) is 1.70. The molecular formula is C12H11F3N4O. The summed E-state index contributed by atoms with van der Waals surface area (Å²) >= 11 is 0. The molecule has 3 N–H and O–H groups in total. The second kappa shape index (κ2) is 4.87. The van der Waals surface area contributed by atoms with Gasteiger partial charge in [0.15, 0.2) is 5.84 Å². The number of alkyl halides is 3. The number of hydrogen-bond donors (Lipinski definition) is 2. The Morgan fingerprint density at radius 1 is 1.40 bits per heavy atom. The fraction of sp³-hybridized carbons (Fsp3) is 0.167. The van der Waals surface area contributed by atoms with Crippen LogP contribution >= 0.6 is 0 Å². The van der Waals surface area contributed by atoms with Crippen LogP contribution in [0.15, 0.2) is 35.7 Å². The van der Waals surface area contributed by atoms with E-state index < -0.39 is 11.7 Å². The Labute approximate surface area is 112 Å². The molecule has 0 radical (unpaired) electrons. The third-order valence-corrected chi connectivity index (χ3v) is 2.69. The van der Waals surface area contributed by atoms with Gasteiger partial charge in [0.25, 0.3) is 0 Å². The first-order valence-electron chi connectivity index (χ1n) is 5.53. The summed E-state index contributed by atoms with van der Waals surface area (Å²) in [6.07, 6.45) is -2.90. The molecule has 0 saturated carbocycles. The number of halogens is 3.